The molecule has 1 amide bonds. The number of carbonyl (C=O) groups is 2. The molecule has 1 fully saturated rings. The minimum Gasteiger partial charge on any atom is -0.481 e. The molecule has 0 aromatic heterocycles. The summed E-state index contributed by atoms with van der Waals surface area (Å²) in [5, 5.41) is 11.6. The van der Waals surface area contributed by atoms with Gasteiger partial charge in [0, 0.05) is 13.0 Å². The third kappa shape index (κ3) is 4.22. The molecule has 0 radical (unpaired) electrons. The molecule has 2 N–H and O–H groups in total. The summed E-state index contributed by atoms with van der Waals surface area (Å²) in [5.74, 6) is 0.332. The van der Waals surface area contributed by atoms with Crippen LogP contribution in [0.2, 0.25) is 0 Å². The van der Waals surface area contributed by atoms with Gasteiger partial charge in [-0.1, -0.05) is 13.3 Å². The number of hydrogen-bond acceptors (Lipinski definition) is 3. The number of rotatable bonds is 6. The fraction of sp³-hybridized carbons (Fsp3) is 0.833. The van der Waals surface area contributed by atoms with Gasteiger partial charge in [-0.15, -0.1) is 11.8 Å². The highest BCUT2D eigenvalue weighted by Crippen LogP contribution is 2.37. The lowest BCUT2D eigenvalue weighted by Gasteiger charge is -2.23. The largest absolute Gasteiger partial charge is 0.481 e. The van der Waals surface area contributed by atoms with Crippen LogP contribution in [-0.2, 0) is 9.59 Å². The molecular formula is C12H21NO3S. The molecule has 0 aromatic rings. The van der Waals surface area contributed by atoms with Crippen LogP contribution in [0.3, 0.4) is 0 Å². The molecule has 0 saturated carbocycles. The van der Waals surface area contributed by atoms with Crippen LogP contribution in [0.15, 0.2) is 0 Å². The van der Waals surface area contributed by atoms with Crippen molar-refractivity contribution in [2.24, 2.45) is 5.92 Å². The fourth-order valence-electron chi connectivity index (χ4n) is 1.99. The maximum atomic E-state index is 12.0. The van der Waals surface area contributed by atoms with E-state index in [-0.39, 0.29) is 23.0 Å². The summed E-state index contributed by atoms with van der Waals surface area (Å²) in [5.41, 5.74) is 0. The molecule has 1 saturated heterocycles. The second-order valence-corrected chi connectivity index (χ2v) is 6.36. The molecule has 2 atom stereocenters. The number of carboxylic acid groups (broad SMARTS) is 1. The van der Waals surface area contributed by atoms with Crippen molar-refractivity contribution in [2.75, 3.05) is 12.3 Å². The Kier molecular flexibility index (Phi) is 5.31. The summed E-state index contributed by atoms with van der Waals surface area (Å²) in [4.78, 5) is 22.6. The summed E-state index contributed by atoms with van der Waals surface area (Å²) in [6.45, 7) is 4.39. The highest BCUT2D eigenvalue weighted by molar-refractivity contribution is 8.01. The first-order valence-corrected chi connectivity index (χ1v) is 7.10. The van der Waals surface area contributed by atoms with Gasteiger partial charge in [0.1, 0.15) is 0 Å². The molecule has 98 valence electrons. The van der Waals surface area contributed by atoms with E-state index in [1.807, 2.05) is 13.8 Å². The molecule has 4 nitrogen and oxygen atoms in total. The molecule has 1 heterocycles. The summed E-state index contributed by atoms with van der Waals surface area (Å²) in [7, 11) is 0. The van der Waals surface area contributed by atoms with Crippen LogP contribution in [0.25, 0.3) is 0 Å². The van der Waals surface area contributed by atoms with E-state index < -0.39 is 5.97 Å². The lowest BCUT2D eigenvalue weighted by Crippen LogP contribution is -2.42. The van der Waals surface area contributed by atoms with Crippen LogP contribution in [0, 0.1) is 5.92 Å². The van der Waals surface area contributed by atoms with Gasteiger partial charge in [0.15, 0.2) is 0 Å². The number of carboxylic acids is 1. The monoisotopic (exact) mass is 259 g/mol. The Bertz CT molecular complexity index is 287. The number of nitrogens with one attached hydrogen (secondary N) is 1. The van der Waals surface area contributed by atoms with Gasteiger partial charge in [0.2, 0.25) is 5.91 Å². The Morgan fingerprint density at radius 3 is 2.71 bits per heavy atom. The van der Waals surface area contributed by atoms with E-state index in [0.29, 0.717) is 6.54 Å². The van der Waals surface area contributed by atoms with E-state index >= 15 is 0 Å². The van der Waals surface area contributed by atoms with Crippen LogP contribution >= 0.6 is 11.8 Å². The minimum atomic E-state index is -0.799. The Hall–Kier alpha value is -0.710. The van der Waals surface area contributed by atoms with Gasteiger partial charge in [0.05, 0.1) is 4.75 Å². The molecule has 2 unspecified atom stereocenters. The van der Waals surface area contributed by atoms with E-state index in [4.69, 9.17) is 5.11 Å². The topological polar surface area (TPSA) is 66.4 Å². The second-order valence-electron chi connectivity index (χ2n) is 4.77. The van der Waals surface area contributed by atoms with Gasteiger partial charge < -0.3 is 10.4 Å². The maximum Gasteiger partial charge on any atom is 0.303 e. The first-order chi connectivity index (χ1) is 7.98. The first kappa shape index (κ1) is 14.4. The third-order valence-electron chi connectivity index (χ3n) is 3.29. The summed E-state index contributed by atoms with van der Waals surface area (Å²) in [6, 6.07) is 0. The van der Waals surface area contributed by atoms with Gasteiger partial charge in [-0.3, -0.25) is 9.59 Å². The predicted octanol–water partition coefficient (Wildman–Crippen LogP) is 1.89. The second kappa shape index (κ2) is 6.28. The molecule has 0 bridgehead atoms. The van der Waals surface area contributed by atoms with Crippen molar-refractivity contribution in [2.45, 2.75) is 44.3 Å². The third-order valence-corrected chi connectivity index (χ3v) is 4.81. The molecular weight excluding hydrogens is 238 g/mol. The SMILES string of the molecule is CCC(CNC(=O)C1(C)CCCS1)CC(=O)O. The standard InChI is InChI=1S/C12H21NO3S/c1-3-9(7-10(14)15)8-13-11(16)12(2)5-4-6-17-12/h9H,3-8H2,1-2H3,(H,13,16)(H,14,15). The minimum absolute atomic E-state index is 0.0338. The quantitative estimate of drug-likeness (QED) is 0.764. The molecule has 0 aromatic carbocycles. The van der Waals surface area contributed by atoms with Crippen molar-refractivity contribution in [1.82, 2.24) is 5.32 Å². The van der Waals surface area contributed by atoms with Gasteiger partial charge in [0.25, 0.3) is 0 Å². The highest BCUT2D eigenvalue weighted by atomic mass is 32.2. The van der Waals surface area contributed by atoms with E-state index in [9.17, 15) is 9.59 Å². The summed E-state index contributed by atoms with van der Waals surface area (Å²) in [6.07, 6.45) is 2.90. The number of amides is 1. The zero-order valence-corrected chi connectivity index (χ0v) is 11.3. The lowest BCUT2D eigenvalue weighted by molar-refractivity contribution is -0.138. The molecule has 1 aliphatic rings. The fourth-order valence-corrected chi connectivity index (χ4v) is 3.22. The van der Waals surface area contributed by atoms with E-state index in [2.05, 4.69) is 5.32 Å². The van der Waals surface area contributed by atoms with Gasteiger partial charge >= 0.3 is 5.97 Å². The molecule has 0 aliphatic carbocycles. The van der Waals surface area contributed by atoms with Crippen LogP contribution in [-0.4, -0.2) is 34.0 Å². The van der Waals surface area contributed by atoms with Gasteiger partial charge in [-0.2, -0.15) is 0 Å². The number of aliphatic carboxylic acids is 1. The van der Waals surface area contributed by atoms with Crippen molar-refractivity contribution in [3.63, 3.8) is 0 Å². The Morgan fingerprint density at radius 1 is 1.53 bits per heavy atom. The van der Waals surface area contributed by atoms with Crippen molar-refractivity contribution < 1.29 is 14.7 Å². The maximum absolute atomic E-state index is 12.0. The van der Waals surface area contributed by atoms with E-state index in [0.717, 1.165) is 25.0 Å². The average Bonchev–Trinajstić information content (AvgIpc) is 2.71. The number of carbonyl (C=O) groups excluding carboxylic acids is 1. The predicted molar refractivity (Wildman–Crippen MR) is 69.1 cm³/mol. The van der Waals surface area contributed by atoms with Crippen molar-refractivity contribution in [3.8, 4) is 0 Å². The number of thioether (sulfide) groups is 1. The average molecular weight is 259 g/mol. The highest BCUT2D eigenvalue weighted by Gasteiger charge is 2.37. The van der Waals surface area contributed by atoms with Crippen LogP contribution in [0.4, 0.5) is 0 Å². The van der Waals surface area contributed by atoms with Crippen LogP contribution in [0.1, 0.15) is 39.5 Å². The van der Waals surface area contributed by atoms with E-state index in [1.165, 1.54) is 0 Å². The smallest absolute Gasteiger partial charge is 0.303 e. The summed E-state index contributed by atoms with van der Waals surface area (Å²) >= 11 is 1.70. The zero-order chi connectivity index (χ0) is 12.9. The molecule has 1 aliphatic heterocycles. The van der Waals surface area contributed by atoms with Crippen molar-refractivity contribution in [1.29, 1.82) is 0 Å². The normalized spacial score (nSPS) is 25.5. The van der Waals surface area contributed by atoms with Gasteiger partial charge in [-0.25, -0.2) is 0 Å². The summed E-state index contributed by atoms with van der Waals surface area (Å²) < 4.78 is -0.304. The van der Waals surface area contributed by atoms with Crippen LogP contribution in [0.5, 0.6) is 0 Å². The molecule has 17 heavy (non-hydrogen) atoms. The number of hydrogen-bond donors (Lipinski definition) is 2. The molecule has 1 rings (SSSR count). The van der Waals surface area contributed by atoms with Crippen molar-refractivity contribution in [3.05, 3.63) is 0 Å². The Balaban J connectivity index is 2.38. The van der Waals surface area contributed by atoms with Crippen molar-refractivity contribution >= 4 is 23.6 Å². The molecule has 0 spiro atoms. The first-order valence-electron chi connectivity index (χ1n) is 6.12. The zero-order valence-electron chi connectivity index (χ0n) is 10.5. The lowest BCUT2D eigenvalue weighted by atomic mass is 10.0. The van der Waals surface area contributed by atoms with E-state index in [1.54, 1.807) is 11.8 Å². The Morgan fingerprint density at radius 2 is 2.24 bits per heavy atom. The Labute approximate surface area is 107 Å². The van der Waals surface area contributed by atoms with Gasteiger partial charge in [-0.05, 0) is 31.4 Å². The molecule has 5 heteroatoms. The van der Waals surface area contributed by atoms with Crippen LogP contribution < -0.4 is 5.32 Å².